The van der Waals surface area contributed by atoms with Crippen LogP contribution >= 0.6 is 0 Å². The molecule has 1 amide bonds. The maximum absolute atomic E-state index is 12.8. The van der Waals surface area contributed by atoms with Crippen LogP contribution in [0.1, 0.15) is 19.8 Å². The van der Waals surface area contributed by atoms with Crippen molar-refractivity contribution in [2.75, 3.05) is 47.5 Å². The van der Waals surface area contributed by atoms with Gasteiger partial charge in [0.1, 0.15) is 0 Å². The molecule has 9 nitrogen and oxygen atoms in total. The molecule has 29 heavy (non-hydrogen) atoms. The van der Waals surface area contributed by atoms with E-state index in [2.05, 4.69) is 0 Å². The van der Waals surface area contributed by atoms with Crippen molar-refractivity contribution < 1.29 is 32.2 Å². The molecule has 0 radical (unpaired) electrons. The number of rotatable bonds is 8. The zero-order valence-electron chi connectivity index (χ0n) is 17.2. The highest BCUT2D eigenvalue weighted by Gasteiger charge is 2.30. The number of methoxy groups -OCH3 is 2. The van der Waals surface area contributed by atoms with Gasteiger partial charge < -0.3 is 19.1 Å². The Morgan fingerprint density at radius 1 is 1.14 bits per heavy atom. The summed E-state index contributed by atoms with van der Waals surface area (Å²) < 4.78 is 42.0. The summed E-state index contributed by atoms with van der Waals surface area (Å²) in [6.07, 6.45) is 1.02. The van der Waals surface area contributed by atoms with Crippen LogP contribution in [0, 0.1) is 5.92 Å². The second kappa shape index (κ2) is 9.93. The van der Waals surface area contributed by atoms with E-state index < -0.39 is 10.0 Å². The van der Waals surface area contributed by atoms with Crippen molar-refractivity contribution >= 4 is 21.9 Å². The number of sulfonamides is 1. The van der Waals surface area contributed by atoms with Crippen molar-refractivity contribution in [3.63, 3.8) is 0 Å². The Balaban J connectivity index is 2.01. The van der Waals surface area contributed by atoms with E-state index in [1.165, 1.54) is 39.5 Å². The van der Waals surface area contributed by atoms with Gasteiger partial charge in [-0.2, -0.15) is 4.31 Å². The van der Waals surface area contributed by atoms with Crippen molar-refractivity contribution in [3.05, 3.63) is 18.2 Å². The van der Waals surface area contributed by atoms with Crippen LogP contribution in [0.4, 0.5) is 0 Å². The topological polar surface area (TPSA) is 102 Å². The molecule has 2 rings (SSSR count). The Morgan fingerprint density at radius 2 is 1.76 bits per heavy atom. The molecule has 1 aliphatic heterocycles. The molecular formula is C19H28N2O7S. The van der Waals surface area contributed by atoms with Gasteiger partial charge in [-0.15, -0.1) is 0 Å². The summed E-state index contributed by atoms with van der Waals surface area (Å²) in [6, 6.07) is 4.27. The molecule has 162 valence electrons. The molecule has 1 fully saturated rings. The SMILES string of the molecule is CCOC(=O)C1CCN(C(=O)CN(C)S(=O)(=O)c2ccc(OC)c(OC)c2)CC1. The zero-order chi connectivity index (χ0) is 21.6. The van der Waals surface area contributed by atoms with Gasteiger partial charge in [0.25, 0.3) is 0 Å². The van der Waals surface area contributed by atoms with Gasteiger partial charge in [0.05, 0.1) is 38.2 Å². The lowest BCUT2D eigenvalue weighted by Crippen LogP contribution is -2.45. The number of esters is 1. The van der Waals surface area contributed by atoms with E-state index in [0.29, 0.717) is 38.3 Å². The number of likely N-dealkylation sites (tertiary alicyclic amines) is 1. The first-order chi connectivity index (χ1) is 13.7. The summed E-state index contributed by atoms with van der Waals surface area (Å²) in [5.74, 6) is -0.0668. The van der Waals surface area contributed by atoms with Crippen LogP contribution in [0.25, 0.3) is 0 Å². The Kier molecular flexibility index (Phi) is 7.86. The lowest BCUT2D eigenvalue weighted by atomic mass is 9.97. The number of carbonyl (C=O) groups excluding carboxylic acids is 2. The van der Waals surface area contributed by atoms with E-state index in [1.807, 2.05) is 0 Å². The van der Waals surface area contributed by atoms with Gasteiger partial charge in [-0.25, -0.2) is 8.42 Å². The molecule has 0 saturated carbocycles. The van der Waals surface area contributed by atoms with E-state index in [4.69, 9.17) is 14.2 Å². The molecule has 0 aromatic heterocycles. The van der Waals surface area contributed by atoms with Crippen LogP contribution in [-0.4, -0.2) is 77.0 Å². The number of hydrogen-bond acceptors (Lipinski definition) is 7. The van der Waals surface area contributed by atoms with Gasteiger partial charge in [-0.3, -0.25) is 9.59 Å². The van der Waals surface area contributed by atoms with Crippen molar-refractivity contribution in [2.24, 2.45) is 5.92 Å². The fraction of sp³-hybridized carbons (Fsp3) is 0.579. The van der Waals surface area contributed by atoms with Crippen molar-refractivity contribution in [1.82, 2.24) is 9.21 Å². The van der Waals surface area contributed by atoms with Gasteiger partial charge in [-0.1, -0.05) is 0 Å². The van der Waals surface area contributed by atoms with E-state index in [-0.39, 0.29) is 35.0 Å². The highest BCUT2D eigenvalue weighted by molar-refractivity contribution is 7.89. The van der Waals surface area contributed by atoms with Gasteiger partial charge in [-0.05, 0) is 31.9 Å². The predicted octanol–water partition coefficient (Wildman–Crippen LogP) is 1.13. The molecule has 1 aromatic carbocycles. The van der Waals surface area contributed by atoms with Crippen LogP contribution in [-0.2, 0) is 24.3 Å². The molecule has 0 aliphatic carbocycles. The van der Waals surface area contributed by atoms with Gasteiger partial charge >= 0.3 is 5.97 Å². The predicted molar refractivity (Wildman–Crippen MR) is 105 cm³/mol. The number of ether oxygens (including phenoxy) is 3. The summed E-state index contributed by atoms with van der Waals surface area (Å²) in [5, 5.41) is 0. The highest BCUT2D eigenvalue weighted by Crippen LogP contribution is 2.30. The smallest absolute Gasteiger partial charge is 0.309 e. The minimum Gasteiger partial charge on any atom is -0.493 e. The summed E-state index contributed by atoms with van der Waals surface area (Å²) >= 11 is 0. The van der Waals surface area contributed by atoms with Crippen LogP contribution < -0.4 is 9.47 Å². The second-order valence-corrected chi connectivity index (χ2v) is 8.73. The molecule has 1 saturated heterocycles. The third-order valence-corrected chi connectivity index (χ3v) is 6.69. The number of hydrogen-bond donors (Lipinski definition) is 0. The first-order valence-electron chi connectivity index (χ1n) is 9.37. The average Bonchev–Trinajstić information content (AvgIpc) is 2.73. The average molecular weight is 429 g/mol. The maximum atomic E-state index is 12.8. The van der Waals surface area contributed by atoms with E-state index >= 15 is 0 Å². The molecule has 10 heteroatoms. The first-order valence-corrected chi connectivity index (χ1v) is 10.8. The highest BCUT2D eigenvalue weighted by atomic mass is 32.2. The number of piperidine rings is 1. The van der Waals surface area contributed by atoms with Crippen molar-refractivity contribution in [3.8, 4) is 11.5 Å². The monoisotopic (exact) mass is 428 g/mol. The number of carbonyl (C=O) groups is 2. The zero-order valence-corrected chi connectivity index (χ0v) is 18.0. The standard InChI is InChI=1S/C19H28N2O7S/c1-5-28-19(23)14-8-10-21(11-9-14)18(22)13-20(2)29(24,25)15-6-7-16(26-3)17(12-15)27-4/h6-7,12,14H,5,8-11,13H2,1-4H3. The molecular weight excluding hydrogens is 400 g/mol. The number of benzene rings is 1. The molecule has 0 spiro atoms. The molecule has 0 N–H and O–H groups in total. The van der Waals surface area contributed by atoms with Crippen LogP contribution in [0.15, 0.2) is 23.1 Å². The number of nitrogens with zero attached hydrogens (tertiary/aromatic N) is 2. The van der Waals surface area contributed by atoms with E-state index in [9.17, 15) is 18.0 Å². The number of amides is 1. The minimum absolute atomic E-state index is 0.00599. The molecule has 1 aromatic rings. The number of likely N-dealkylation sites (N-methyl/N-ethyl adjacent to an activating group) is 1. The molecule has 0 unspecified atom stereocenters. The van der Waals surface area contributed by atoms with E-state index in [0.717, 1.165) is 4.31 Å². The minimum atomic E-state index is -3.89. The molecule has 1 heterocycles. The van der Waals surface area contributed by atoms with Crippen LogP contribution in [0.3, 0.4) is 0 Å². The lowest BCUT2D eigenvalue weighted by Gasteiger charge is -2.32. The maximum Gasteiger partial charge on any atom is 0.309 e. The van der Waals surface area contributed by atoms with Crippen LogP contribution in [0.2, 0.25) is 0 Å². The molecule has 1 aliphatic rings. The fourth-order valence-electron chi connectivity index (χ4n) is 3.16. The van der Waals surface area contributed by atoms with Gasteiger partial charge in [0.2, 0.25) is 15.9 Å². The van der Waals surface area contributed by atoms with E-state index in [1.54, 1.807) is 11.8 Å². The Hall–Kier alpha value is -2.33. The Bertz CT molecular complexity index is 833. The third kappa shape index (κ3) is 5.39. The van der Waals surface area contributed by atoms with Gasteiger partial charge in [0, 0.05) is 26.2 Å². The normalized spacial score (nSPS) is 15.3. The second-order valence-electron chi connectivity index (χ2n) is 6.68. The molecule has 0 bridgehead atoms. The first kappa shape index (κ1) is 23.0. The summed E-state index contributed by atoms with van der Waals surface area (Å²) in [6.45, 7) is 2.59. The fourth-order valence-corrected chi connectivity index (χ4v) is 4.29. The summed E-state index contributed by atoms with van der Waals surface area (Å²) in [4.78, 5) is 26.0. The Morgan fingerprint density at radius 3 is 2.31 bits per heavy atom. The third-order valence-electron chi connectivity index (χ3n) is 4.89. The lowest BCUT2D eigenvalue weighted by molar-refractivity contribution is -0.151. The van der Waals surface area contributed by atoms with Crippen molar-refractivity contribution in [2.45, 2.75) is 24.7 Å². The summed E-state index contributed by atoms with van der Waals surface area (Å²) in [7, 11) is 0.349. The van der Waals surface area contributed by atoms with Gasteiger partial charge in [0.15, 0.2) is 11.5 Å². The van der Waals surface area contributed by atoms with Crippen molar-refractivity contribution in [1.29, 1.82) is 0 Å². The largest absolute Gasteiger partial charge is 0.493 e. The van der Waals surface area contributed by atoms with Crippen LogP contribution in [0.5, 0.6) is 11.5 Å². The quantitative estimate of drug-likeness (QED) is 0.572. The molecule has 0 atom stereocenters. The Labute approximate surface area is 171 Å². The summed E-state index contributed by atoms with van der Waals surface area (Å²) in [5.41, 5.74) is 0.